The molecule has 6 nitrogen and oxygen atoms in total. The summed E-state index contributed by atoms with van der Waals surface area (Å²) in [6.45, 7) is 3.88. The molecule has 0 fully saturated rings. The number of aliphatic imine (C=N–C) groups is 1. The molecule has 0 amide bonds. The van der Waals surface area contributed by atoms with Gasteiger partial charge in [0.15, 0.2) is 5.96 Å². The lowest BCUT2D eigenvalue weighted by molar-refractivity contribution is 0.586. The van der Waals surface area contributed by atoms with Crippen molar-refractivity contribution in [3.05, 3.63) is 34.9 Å². The van der Waals surface area contributed by atoms with Gasteiger partial charge in [0.25, 0.3) is 0 Å². The highest BCUT2D eigenvalue weighted by Gasteiger charge is 2.02. The van der Waals surface area contributed by atoms with Gasteiger partial charge in [-0.15, -0.1) is 24.0 Å². The van der Waals surface area contributed by atoms with E-state index in [4.69, 9.17) is 11.6 Å². The molecule has 0 bridgehead atoms. The molecule has 0 unspecified atom stereocenters. The summed E-state index contributed by atoms with van der Waals surface area (Å²) >= 11 is 6.07. The van der Waals surface area contributed by atoms with Crippen molar-refractivity contribution >= 4 is 51.6 Å². The van der Waals surface area contributed by atoms with Gasteiger partial charge < -0.3 is 10.6 Å². The number of halogens is 2. The lowest BCUT2D eigenvalue weighted by Gasteiger charge is -2.11. The van der Waals surface area contributed by atoms with E-state index in [-0.39, 0.29) is 24.0 Å². The molecule has 1 rings (SSSR count). The Labute approximate surface area is 154 Å². The molecular formula is C13H22ClIN4O2S. The largest absolute Gasteiger partial charge is 0.357 e. The van der Waals surface area contributed by atoms with Crippen LogP contribution >= 0.6 is 35.6 Å². The molecule has 0 aliphatic rings. The standard InChI is InChI=1S/C13H21ClN4O2S.HI/c1-3-15-13(16-8-9-18-21(2,19)20)17-10-11-6-4-5-7-12(11)14;/h4-7,18H,3,8-10H2,1-2H3,(H2,15,16,17);1H. The third-order valence-corrected chi connectivity index (χ3v) is 3.59. The van der Waals surface area contributed by atoms with Crippen molar-refractivity contribution in [2.24, 2.45) is 4.99 Å². The second-order valence-electron chi connectivity index (χ2n) is 4.38. The second-order valence-corrected chi connectivity index (χ2v) is 6.62. The maximum absolute atomic E-state index is 11.0. The molecule has 0 spiro atoms. The van der Waals surface area contributed by atoms with Crippen LogP contribution in [0.5, 0.6) is 0 Å². The van der Waals surface area contributed by atoms with Crippen LogP contribution in [-0.2, 0) is 16.6 Å². The number of nitrogens with one attached hydrogen (secondary N) is 3. The Balaban J connectivity index is 0.00000441. The van der Waals surface area contributed by atoms with E-state index in [0.29, 0.717) is 37.2 Å². The molecule has 0 aliphatic carbocycles. The minimum absolute atomic E-state index is 0. The molecule has 9 heteroatoms. The number of guanidine groups is 1. The van der Waals surface area contributed by atoms with Crippen LogP contribution in [-0.4, -0.2) is 40.3 Å². The van der Waals surface area contributed by atoms with Gasteiger partial charge in [-0.25, -0.2) is 18.1 Å². The molecule has 0 saturated heterocycles. The van der Waals surface area contributed by atoms with Crippen molar-refractivity contribution in [1.29, 1.82) is 0 Å². The van der Waals surface area contributed by atoms with E-state index >= 15 is 0 Å². The van der Waals surface area contributed by atoms with Crippen LogP contribution in [0.25, 0.3) is 0 Å². The van der Waals surface area contributed by atoms with Gasteiger partial charge >= 0.3 is 0 Å². The first-order valence-electron chi connectivity index (χ1n) is 6.62. The Kier molecular flexibility index (Phi) is 10.7. The zero-order chi connectivity index (χ0) is 15.7. The fraction of sp³-hybridized carbons (Fsp3) is 0.462. The summed E-state index contributed by atoms with van der Waals surface area (Å²) in [5.74, 6) is 0.618. The molecule has 0 atom stereocenters. The molecule has 22 heavy (non-hydrogen) atoms. The average Bonchev–Trinajstić information content (AvgIpc) is 2.41. The predicted octanol–water partition coefficient (Wildman–Crippen LogP) is 1.56. The highest BCUT2D eigenvalue weighted by Crippen LogP contribution is 2.15. The first kappa shape index (κ1) is 21.4. The molecule has 0 heterocycles. The Hall–Kier alpha value is -0.580. The second kappa shape index (κ2) is 11.0. The van der Waals surface area contributed by atoms with E-state index < -0.39 is 10.0 Å². The summed E-state index contributed by atoms with van der Waals surface area (Å²) in [6.07, 6.45) is 1.13. The van der Waals surface area contributed by atoms with Crippen LogP contribution in [0.3, 0.4) is 0 Å². The van der Waals surface area contributed by atoms with Crippen molar-refractivity contribution in [3.63, 3.8) is 0 Å². The van der Waals surface area contributed by atoms with Crippen molar-refractivity contribution in [1.82, 2.24) is 15.4 Å². The molecule has 0 radical (unpaired) electrons. The molecule has 1 aromatic rings. The van der Waals surface area contributed by atoms with Crippen molar-refractivity contribution in [2.45, 2.75) is 13.5 Å². The fourth-order valence-electron chi connectivity index (χ4n) is 1.55. The van der Waals surface area contributed by atoms with Crippen LogP contribution in [0.1, 0.15) is 12.5 Å². The monoisotopic (exact) mass is 460 g/mol. The van der Waals surface area contributed by atoms with Gasteiger partial charge in [0.05, 0.1) is 12.8 Å². The average molecular weight is 461 g/mol. The number of benzene rings is 1. The van der Waals surface area contributed by atoms with Gasteiger partial charge in [-0.05, 0) is 18.6 Å². The van der Waals surface area contributed by atoms with Crippen LogP contribution < -0.4 is 15.4 Å². The van der Waals surface area contributed by atoms with E-state index in [1.807, 2.05) is 31.2 Å². The quantitative estimate of drug-likeness (QED) is 0.250. The highest BCUT2D eigenvalue weighted by atomic mass is 127. The van der Waals surface area contributed by atoms with Crippen LogP contribution in [0.4, 0.5) is 0 Å². The highest BCUT2D eigenvalue weighted by molar-refractivity contribution is 14.0. The summed E-state index contributed by atoms with van der Waals surface area (Å²) in [7, 11) is -3.16. The minimum atomic E-state index is -3.16. The normalized spacial score (nSPS) is 11.7. The lowest BCUT2D eigenvalue weighted by Crippen LogP contribution is -2.41. The maximum atomic E-state index is 11.0. The SMILES string of the molecule is CCNC(=NCc1ccccc1Cl)NCCNS(C)(=O)=O.I. The van der Waals surface area contributed by atoms with Gasteiger partial charge in [-0.2, -0.15) is 0 Å². The summed E-state index contributed by atoms with van der Waals surface area (Å²) < 4.78 is 24.3. The Bertz CT molecular complexity index is 581. The van der Waals surface area contributed by atoms with Crippen LogP contribution in [0, 0.1) is 0 Å². The van der Waals surface area contributed by atoms with E-state index in [1.54, 1.807) is 0 Å². The predicted molar refractivity (Wildman–Crippen MR) is 103 cm³/mol. The number of hydrogen-bond donors (Lipinski definition) is 3. The number of rotatable bonds is 7. The van der Waals surface area contributed by atoms with E-state index in [9.17, 15) is 8.42 Å². The summed E-state index contributed by atoms with van der Waals surface area (Å²) in [5, 5.41) is 6.82. The molecule has 0 aromatic heterocycles. The van der Waals surface area contributed by atoms with Gasteiger partial charge in [-0.3, -0.25) is 0 Å². The first-order chi connectivity index (χ1) is 9.92. The van der Waals surface area contributed by atoms with Crippen LogP contribution in [0.15, 0.2) is 29.3 Å². The zero-order valence-electron chi connectivity index (χ0n) is 12.6. The first-order valence-corrected chi connectivity index (χ1v) is 8.89. The fourth-order valence-corrected chi connectivity index (χ4v) is 2.22. The minimum Gasteiger partial charge on any atom is -0.357 e. The molecule has 0 aliphatic heterocycles. The van der Waals surface area contributed by atoms with Crippen molar-refractivity contribution < 1.29 is 8.42 Å². The van der Waals surface area contributed by atoms with Crippen LogP contribution in [0.2, 0.25) is 5.02 Å². The van der Waals surface area contributed by atoms with Crippen molar-refractivity contribution in [2.75, 3.05) is 25.9 Å². The third-order valence-electron chi connectivity index (χ3n) is 2.49. The summed E-state index contributed by atoms with van der Waals surface area (Å²) in [4.78, 5) is 4.41. The Morgan fingerprint density at radius 1 is 1.23 bits per heavy atom. The lowest BCUT2D eigenvalue weighted by atomic mass is 10.2. The summed E-state index contributed by atoms with van der Waals surface area (Å²) in [6, 6.07) is 7.52. The zero-order valence-corrected chi connectivity index (χ0v) is 16.5. The number of sulfonamides is 1. The van der Waals surface area contributed by atoms with Crippen molar-refractivity contribution in [3.8, 4) is 0 Å². The molecular weight excluding hydrogens is 439 g/mol. The van der Waals surface area contributed by atoms with Gasteiger partial charge in [-0.1, -0.05) is 29.8 Å². The van der Waals surface area contributed by atoms with E-state index in [1.165, 1.54) is 0 Å². The Morgan fingerprint density at radius 3 is 2.50 bits per heavy atom. The van der Waals surface area contributed by atoms with Gasteiger partial charge in [0.2, 0.25) is 10.0 Å². The summed E-state index contributed by atoms with van der Waals surface area (Å²) in [5.41, 5.74) is 0.936. The molecule has 1 aromatic carbocycles. The Morgan fingerprint density at radius 2 is 1.91 bits per heavy atom. The number of nitrogens with zero attached hydrogens (tertiary/aromatic N) is 1. The molecule has 126 valence electrons. The number of hydrogen-bond acceptors (Lipinski definition) is 3. The van der Waals surface area contributed by atoms with E-state index in [2.05, 4.69) is 20.3 Å². The van der Waals surface area contributed by atoms with Gasteiger partial charge in [0.1, 0.15) is 0 Å². The van der Waals surface area contributed by atoms with Gasteiger partial charge in [0, 0.05) is 24.7 Å². The molecule has 0 saturated carbocycles. The topological polar surface area (TPSA) is 82.6 Å². The van der Waals surface area contributed by atoms with E-state index in [0.717, 1.165) is 11.8 Å². The third kappa shape index (κ3) is 9.44. The maximum Gasteiger partial charge on any atom is 0.208 e. The smallest absolute Gasteiger partial charge is 0.208 e. The molecule has 3 N–H and O–H groups in total.